The molecule has 0 saturated carbocycles. The number of benzene rings is 2. The Morgan fingerprint density at radius 3 is 2.83 bits per heavy atom. The molecule has 0 spiro atoms. The molecule has 0 radical (unpaired) electrons. The molecule has 2 aromatic carbocycles. The molecule has 0 unspecified atom stereocenters. The van der Waals surface area contributed by atoms with Crippen LogP contribution in [0.1, 0.15) is 18.0 Å². The van der Waals surface area contributed by atoms with Gasteiger partial charge in [0, 0.05) is 23.6 Å². The smallest absolute Gasteiger partial charge is 0.153 e. The van der Waals surface area contributed by atoms with Crippen LogP contribution in [0.5, 0.6) is 11.5 Å². The average molecular weight is 331 g/mol. The second-order valence-electron chi connectivity index (χ2n) is 6.32. The molecular weight excluding hydrogens is 312 g/mol. The molecule has 0 aromatic heterocycles. The summed E-state index contributed by atoms with van der Waals surface area (Å²) < 4.78 is 6.12. The summed E-state index contributed by atoms with van der Waals surface area (Å²) in [6, 6.07) is 14.0. The van der Waals surface area contributed by atoms with E-state index in [0.717, 1.165) is 35.7 Å². The highest BCUT2D eigenvalue weighted by Crippen LogP contribution is 2.49. The first kappa shape index (κ1) is 14.8. The van der Waals surface area contributed by atoms with E-state index in [1.54, 1.807) is 0 Å². The lowest BCUT2D eigenvalue weighted by molar-refractivity contribution is 0.0649. The number of hydrogen-bond donors (Lipinski definition) is 0. The van der Waals surface area contributed by atoms with E-state index in [0.29, 0.717) is 5.02 Å². The topological polar surface area (TPSA) is 24.9 Å². The maximum atomic E-state index is 6.25. The quantitative estimate of drug-likeness (QED) is 0.821. The normalized spacial score (nSPS) is 22.2. The fourth-order valence-corrected chi connectivity index (χ4v) is 3.50. The number of fused-ring (bicyclic) bond motifs is 5. The molecule has 23 heavy (non-hydrogen) atoms. The van der Waals surface area contributed by atoms with Gasteiger partial charge >= 0.3 is 0 Å². The van der Waals surface area contributed by atoms with Gasteiger partial charge in [-0.05, 0) is 38.4 Å². The number of rotatable bonds is 2. The number of halogens is 1. The summed E-state index contributed by atoms with van der Waals surface area (Å²) in [5.41, 5.74) is 2.04. The first-order valence-corrected chi connectivity index (χ1v) is 8.16. The molecule has 1 fully saturated rings. The van der Waals surface area contributed by atoms with E-state index in [1.165, 1.54) is 0 Å². The SMILES string of the molecule is CN(C)C[C@H]1C[C@@H]2c3ccccc3Oc3ccc(Cl)cc3N2O1. The van der Waals surface area contributed by atoms with Crippen molar-refractivity contribution in [2.45, 2.75) is 18.6 Å². The van der Waals surface area contributed by atoms with Crippen LogP contribution in [0.15, 0.2) is 42.5 Å². The van der Waals surface area contributed by atoms with Crippen LogP contribution in [-0.2, 0) is 4.84 Å². The number of hydroxylamine groups is 1. The number of ether oxygens (including phenoxy) is 1. The predicted molar refractivity (Wildman–Crippen MR) is 91.2 cm³/mol. The van der Waals surface area contributed by atoms with Crippen molar-refractivity contribution in [2.75, 3.05) is 25.7 Å². The Labute approximate surface area is 141 Å². The van der Waals surface area contributed by atoms with Crippen molar-refractivity contribution in [1.29, 1.82) is 0 Å². The first-order valence-electron chi connectivity index (χ1n) is 7.79. The molecule has 4 nitrogen and oxygen atoms in total. The molecule has 2 aliphatic rings. The molecule has 4 rings (SSSR count). The van der Waals surface area contributed by atoms with Crippen LogP contribution in [0.2, 0.25) is 5.02 Å². The molecule has 0 N–H and O–H groups in total. The highest BCUT2D eigenvalue weighted by atomic mass is 35.5. The molecular formula is C18H19ClN2O2. The molecule has 0 amide bonds. The number of likely N-dealkylation sites (N-methyl/N-ethyl adjacent to an activating group) is 1. The number of anilines is 1. The molecule has 0 bridgehead atoms. The van der Waals surface area contributed by atoms with Crippen LogP contribution in [0, 0.1) is 0 Å². The Hall–Kier alpha value is -1.75. The van der Waals surface area contributed by atoms with Crippen molar-refractivity contribution in [1.82, 2.24) is 4.90 Å². The third kappa shape index (κ3) is 2.67. The maximum absolute atomic E-state index is 6.25. The lowest BCUT2D eigenvalue weighted by Crippen LogP contribution is -2.27. The number of nitrogens with zero attached hydrogens (tertiary/aromatic N) is 2. The van der Waals surface area contributed by atoms with E-state index in [-0.39, 0.29) is 12.1 Å². The van der Waals surface area contributed by atoms with Gasteiger partial charge in [-0.3, -0.25) is 4.84 Å². The third-order valence-corrected chi connectivity index (χ3v) is 4.49. The van der Waals surface area contributed by atoms with Crippen molar-refractivity contribution >= 4 is 17.3 Å². The number of para-hydroxylation sites is 1. The van der Waals surface area contributed by atoms with Gasteiger partial charge in [0.05, 0.1) is 6.04 Å². The largest absolute Gasteiger partial charge is 0.455 e. The van der Waals surface area contributed by atoms with Gasteiger partial charge in [0.15, 0.2) is 5.75 Å². The van der Waals surface area contributed by atoms with Gasteiger partial charge in [-0.25, -0.2) is 5.06 Å². The lowest BCUT2D eigenvalue weighted by atomic mass is 10.0. The monoisotopic (exact) mass is 330 g/mol. The predicted octanol–water partition coefficient (Wildman–Crippen LogP) is 4.26. The molecule has 120 valence electrons. The highest BCUT2D eigenvalue weighted by molar-refractivity contribution is 6.30. The van der Waals surface area contributed by atoms with Crippen LogP contribution in [-0.4, -0.2) is 31.6 Å². The third-order valence-electron chi connectivity index (χ3n) is 4.26. The fraction of sp³-hybridized carbons (Fsp3) is 0.333. The van der Waals surface area contributed by atoms with Crippen LogP contribution in [0.3, 0.4) is 0 Å². The summed E-state index contributed by atoms with van der Waals surface area (Å²) in [5.74, 6) is 1.66. The zero-order valence-corrected chi connectivity index (χ0v) is 14.0. The van der Waals surface area contributed by atoms with Crippen LogP contribution in [0.4, 0.5) is 5.69 Å². The van der Waals surface area contributed by atoms with Gasteiger partial charge in [0.25, 0.3) is 0 Å². The van der Waals surface area contributed by atoms with E-state index in [2.05, 4.69) is 25.1 Å². The van der Waals surface area contributed by atoms with Crippen molar-refractivity contribution in [3.05, 3.63) is 53.1 Å². The van der Waals surface area contributed by atoms with E-state index in [4.69, 9.17) is 21.2 Å². The Balaban J connectivity index is 1.80. The molecule has 2 heterocycles. The van der Waals surface area contributed by atoms with Crippen molar-refractivity contribution in [2.24, 2.45) is 0 Å². The van der Waals surface area contributed by atoms with Gasteiger partial charge in [0.2, 0.25) is 0 Å². The van der Waals surface area contributed by atoms with Gasteiger partial charge in [-0.2, -0.15) is 0 Å². The minimum atomic E-state index is 0.135. The van der Waals surface area contributed by atoms with E-state index in [1.807, 2.05) is 41.5 Å². The lowest BCUT2D eigenvalue weighted by Gasteiger charge is -2.24. The van der Waals surface area contributed by atoms with Crippen molar-refractivity contribution < 1.29 is 9.57 Å². The standard InChI is InChI=1S/C18H19ClN2O2/c1-20(2)11-13-10-15-14-5-3-4-6-17(14)22-18-8-7-12(19)9-16(18)21(15)23-13/h3-9,13,15H,10-11H2,1-2H3/t13-,15-/m1/s1. The maximum Gasteiger partial charge on any atom is 0.153 e. The minimum absolute atomic E-state index is 0.135. The first-order chi connectivity index (χ1) is 11.1. The van der Waals surface area contributed by atoms with E-state index < -0.39 is 0 Å². The van der Waals surface area contributed by atoms with Crippen molar-refractivity contribution in [3.63, 3.8) is 0 Å². The average Bonchev–Trinajstić information content (AvgIpc) is 2.87. The molecule has 2 aromatic rings. The van der Waals surface area contributed by atoms with Crippen LogP contribution >= 0.6 is 11.6 Å². The Kier molecular flexibility index (Phi) is 3.68. The Morgan fingerprint density at radius 1 is 1.17 bits per heavy atom. The second-order valence-corrected chi connectivity index (χ2v) is 6.76. The van der Waals surface area contributed by atoms with Crippen LogP contribution < -0.4 is 9.80 Å². The van der Waals surface area contributed by atoms with Gasteiger partial charge in [-0.1, -0.05) is 29.8 Å². The number of hydrogen-bond acceptors (Lipinski definition) is 4. The molecule has 2 aliphatic heterocycles. The summed E-state index contributed by atoms with van der Waals surface area (Å²) in [6.07, 6.45) is 1.07. The van der Waals surface area contributed by atoms with Gasteiger partial charge in [-0.15, -0.1) is 0 Å². The van der Waals surface area contributed by atoms with Gasteiger partial charge in [0.1, 0.15) is 17.5 Å². The Bertz CT molecular complexity index is 735. The highest BCUT2D eigenvalue weighted by Gasteiger charge is 2.39. The summed E-state index contributed by atoms with van der Waals surface area (Å²) in [6.45, 7) is 0.881. The van der Waals surface area contributed by atoms with Crippen molar-refractivity contribution in [3.8, 4) is 11.5 Å². The summed E-state index contributed by atoms with van der Waals surface area (Å²) in [5, 5.41) is 2.65. The van der Waals surface area contributed by atoms with Gasteiger partial charge < -0.3 is 9.64 Å². The molecule has 0 aliphatic carbocycles. The molecule has 5 heteroatoms. The summed E-state index contributed by atoms with van der Waals surface area (Å²) >= 11 is 6.21. The van der Waals surface area contributed by atoms with E-state index in [9.17, 15) is 0 Å². The molecule has 2 atom stereocenters. The zero-order valence-electron chi connectivity index (χ0n) is 13.2. The zero-order chi connectivity index (χ0) is 16.0. The van der Waals surface area contributed by atoms with E-state index >= 15 is 0 Å². The summed E-state index contributed by atoms with van der Waals surface area (Å²) in [7, 11) is 4.13. The summed E-state index contributed by atoms with van der Waals surface area (Å²) in [4.78, 5) is 8.40. The fourth-order valence-electron chi connectivity index (χ4n) is 3.33. The second kappa shape index (κ2) is 5.71. The molecule has 1 saturated heterocycles. The Morgan fingerprint density at radius 2 is 2.00 bits per heavy atom. The minimum Gasteiger partial charge on any atom is -0.455 e. The van der Waals surface area contributed by atoms with Crippen LogP contribution in [0.25, 0.3) is 0 Å².